The summed E-state index contributed by atoms with van der Waals surface area (Å²) >= 11 is 0. The lowest BCUT2D eigenvalue weighted by atomic mass is 9.92. The molecule has 2 heterocycles. The Morgan fingerprint density at radius 3 is 2.43 bits per heavy atom. The molecule has 5 rings (SSSR count). The number of methoxy groups -OCH3 is 2. The predicted molar refractivity (Wildman–Crippen MR) is 115 cm³/mol. The fraction of sp³-hybridized carbons (Fsp3) is 0.208. The summed E-state index contributed by atoms with van der Waals surface area (Å²) in [5.74, 6) is 1.95. The summed E-state index contributed by atoms with van der Waals surface area (Å²) in [6, 6.07) is 20.8. The molecule has 0 fully saturated rings. The fourth-order valence-electron chi connectivity index (χ4n) is 4.26. The first kappa shape index (κ1) is 18.5. The summed E-state index contributed by atoms with van der Waals surface area (Å²) in [6.07, 6.45) is 0.786. The molecule has 5 nitrogen and oxygen atoms in total. The number of rotatable bonds is 4. The standard InChI is InChI=1S/C24H22FN3O2/c1-29-22-12-9-16(13-23(22)30-2)21-14-19(15-7-10-17(25)11-8-15)27-24-26-18-5-3-4-6-20(18)28(21)24/h3-13,19,21H,14H2,1-2H3,(H,26,27)/t19-,21+/m1/s1. The number of nitrogens with one attached hydrogen (secondary N) is 1. The van der Waals surface area contributed by atoms with E-state index in [9.17, 15) is 4.39 Å². The molecular formula is C24H22FN3O2. The van der Waals surface area contributed by atoms with Gasteiger partial charge in [-0.25, -0.2) is 9.37 Å². The Morgan fingerprint density at radius 2 is 1.67 bits per heavy atom. The number of benzene rings is 3. The van der Waals surface area contributed by atoms with E-state index in [2.05, 4.69) is 22.0 Å². The van der Waals surface area contributed by atoms with Crippen molar-refractivity contribution in [3.63, 3.8) is 0 Å². The minimum atomic E-state index is -0.238. The van der Waals surface area contributed by atoms with Crippen LogP contribution < -0.4 is 14.8 Å². The van der Waals surface area contributed by atoms with Gasteiger partial charge in [-0.2, -0.15) is 0 Å². The van der Waals surface area contributed by atoms with Crippen molar-refractivity contribution in [1.29, 1.82) is 0 Å². The van der Waals surface area contributed by atoms with Crippen LogP contribution in [0.1, 0.15) is 29.6 Å². The average Bonchev–Trinajstić information content (AvgIpc) is 3.17. The Morgan fingerprint density at radius 1 is 0.933 bits per heavy atom. The molecule has 0 saturated carbocycles. The van der Waals surface area contributed by atoms with E-state index in [1.54, 1.807) is 14.2 Å². The normalized spacial score (nSPS) is 18.0. The zero-order valence-corrected chi connectivity index (χ0v) is 16.8. The van der Waals surface area contributed by atoms with Crippen molar-refractivity contribution in [1.82, 2.24) is 9.55 Å². The Hall–Kier alpha value is -3.54. The highest BCUT2D eigenvalue weighted by molar-refractivity contribution is 5.79. The SMILES string of the molecule is COc1ccc([C@@H]2C[C@H](c3ccc(F)cc3)Nc3nc4ccccc4n32)cc1OC. The summed E-state index contributed by atoms with van der Waals surface area (Å²) in [7, 11) is 3.28. The lowest BCUT2D eigenvalue weighted by molar-refractivity contribution is 0.353. The zero-order chi connectivity index (χ0) is 20.7. The van der Waals surface area contributed by atoms with Crippen LogP contribution in [0.4, 0.5) is 10.3 Å². The molecule has 0 radical (unpaired) electrons. The monoisotopic (exact) mass is 403 g/mol. The van der Waals surface area contributed by atoms with Crippen molar-refractivity contribution in [2.75, 3.05) is 19.5 Å². The Balaban J connectivity index is 1.65. The van der Waals surface area contributed by atoms with Crippen LogP contribution in [-0.4, -0.2) is 23.8 Å². The molecule has 0 bridgehead atoms. The average molecular weight is 403 g/mol. The van der Waals surface area contributed by atoms with Gasteiger partial charge in [0.15, 0.2) is 11.5 Å². The van der Waals surface area contributed by atoms with Gasteiger partial charge >= 0.3 is 0 Å². The summed E-state index contributed by atoms with van der Waals surface area (Å²) in [5, 5.41) is 3.55. The number of fused-ring (bicyclic) bond motifs is 3. The second-order valence-corrected chi connectivity index (χ2v) is 7.41. The van der Waals surface area contributed by atoms with Crippen LogP contribution in [0, 0.1) is 5.82 Å². The van der Waals surface area contributed by atoms with Crippen LogP contribution in [0.15, 0.2) is 66.7 Å². The first-order valence-corrected chi connectivity index (χ1v) is 9.89. The summed E-state index contributed by atoms with van der Waals surface area (Å²) in [5.41, 5.74) is 4.13. The first-order valence-electron chi connectivity index (χ1n) is 9.89. The van der Waals surface area contributed by atoms with E-state index in [0.29, 0.717) is 11.5 Å². The number of hydrogen-bond donors (Lipinski definition) is 1. The minimum Gasteiger partial charge on any atom is -0.493 e. The molecule has 1 aliphatic rings. The van der Waals surface area contributed by atoms with Crippen molar-refractivity contribution in [3.8, 4) is 11.5 Å². The van der Waals surface area contributed by atoms with Crippen LogP contribution in [0.3, 0.4) is 0 Å². The van der Waals surface area contributed by atoms with Gasteiger partial charge in [0, 0.05) is 0 Å². The topological polar surface area (TPSA) is 48.3 Å². The van der Waals surface area contributed by atoms with Crippen LogP contribution in [0.25, 0.3) is 11.0 Å². The van der Waals surface area contributed by atoms with Crippen LogP contribution in [0.2, 0.25) is 0 Å². The van der Waals surface area contributed by atoms with Crippen LogP contribution in [-0.2, 0) is 0 Å². The minimum absolute atomic E-state index is 0.00742. The van der Waals surface area contributed by atoms with E-state index >= 15 is 0 Å². The molecule has 1 N–H and O–H groups in total. The summed E-state index contributed by atoms with van der Waals surface area (Å²) in [4.78, 5) is 4.82. The third-order valence-electron chi connectivity index (χ3n) is 5.73. The fourth-order valence-corrected chi connectivity index (χ4v) is 4.26. The maximum atomic E-state index is 13.5. The van der Waals surface area contributed by atoms with Gasteiger partial charge in [-0.1, -0.05) is 30.3 Å². The number of hydrogen-bond acceptors (Lipinski definition) is 4. The van der Waals surface area contributed by atoms with E-state index in [1.165, 1.54) is 12.1 Å². The number of para-hydroxylation sites is 2. The molecule has 3 aromatic carbocycles. The third kappa shape index (κ3) is 3.05. The van der Waals surface area contributed by atoms with E-state index in [1.807, 2.05) is 42.5 Å². The van der Waals surface area contributed by atoms with E-state index in [4.69, 9.17) is 14.5 Å². The smallest absolute Gasteiger partial charge is 0.204 e. The number of anilines is 1. The van der Waals surface area contributed by atoms with Gasteiger partial charge in [0.1, 0.15) is 5.82 Å². The number of imidazole rings is 1. The molecule has 2 atom stereocenters. The zero-order valence-electron chi connectivity index (χ0n) is 16.8. The van der Waals surface area contributed by atoms with E-state index < -0.39 is 0 Å². The number of nitrogens with zero attached hydrogens (tertiary/aromatic N) is 2. The van der Waals surface area contributed by atoms with Gasteiger partial charge < -0.3 is 19.4 Å². The van der Waals surface area contributed by atoms with Gasteiger partial charge in [-0.3, -0.25) is 0 Å². The van der Waals surface area contributed by atoms with Crippen molar-refractivity contribution in [2.24, 2.45) is 0 Å². The van der Waals surface area contributed by atoms with Gasteiger partial charge in [0.05, 0.1) is 37.3 Å². The van der Waals surface area contributed by atoms with Crippen molar-refractivity contribution >= 4 is 17.0 Å². The molecule has 0 amide bonds. The second-order valence-electron chi connectivity index (χ2n) is 7.41. The Labute approximate surface area is 174 Å². The van der Waals surface area contributed by atoms with Crippen LogP contribution in [0.5, 0.6) is 11.5 Å². The predicted octanol–water partition coefficient (Wildman–Crippen LogP) is 5.34. The maximum absolute atomic E-state index is 13.5. The maximum Gasteiger partial charge on any atom is 0.204 e. The number of aromatic nitrogens is 2. The molecule has 6 heteroatoms. The molecule has 152 valence electrons. The van der Waals surface area contributed by atoms with Gasteiger partial charge in [0.2, 0.25) is 5.95 Å². The van der Waals surface area contributed by atoms with Gasteiger partial charge in [0.25, 0.3) is 0 Å². The molecule has 4 aromatic rings. The van der Waals surface area contributed by atoms with Gasteiger partial charge in [-0.05, 0) is 53.9 Å². The van der Waals surface area contributed by atoms with Gasteiger partial charge in [-0.15, -0.1) is 0 Å². The number of halogens is 1. The van der Waals surface area contributed by atoms with Crippen molar-refractivity contribution in [2.45, 2.75) is 18.5 Å². The van der Waals surface area contributed by atoms with Crippen molar-refractivity contribution < 1.29 is 13.9 Å². The highest BCUT2D eigenvalue weighted by Gasteiger charge is 2.31. The Kier molecular flexibility index (Phi) is 4.54. The highest BCUT2D eigenvalue weighted by Crippen LogP contribution is 2.42. The number of ether oxygens (including phenoxy) is 2. The summed E-state index contributed by atoms with van der Waals surface area (Å²) < 4.78 is 26.7. The molecule has 0 spiro atoms. The quantitative estimate of drug-likeness (QED) is 0.500. The Bertz CT molecular complexity index is 1200. The lowest BCUT2D eigenvalue weighted by Crippen LogP contribution is -2.27. The molecule has 1 aromatic heterocycles. The van der Waals surface area contributed by atoms with Crippen LogP contribution >= 0.6 is 0 Å². The molecule has 1 aliphatic heterocycles. The third-order valence-corrected chi connectivity index (χ3v) is 5.73. The highest BCUT2D eigenvalue weighted by atomic mass is 19.1. The molecule has 0 aliphatic carbocycles. The lowest BCUT2D eigenvalue weighted by Gasteiger charge is -2.33. The second kappa shape index (κ2) is 7.37. The van der Waals surface area contributed by atoms with Crippen molar-refractivity contribution in [3.05, 3.63) is 83.7 Å². The molecule has 0 saturated heterocycles. The van der Waals surface area contributed by atoms with E-state index in [-0.39, 0.29) is 17.9 Å². The largest absolute Gasteiger partial charge is 0.493 e. The first-order chi connectivity index (χ1) is 14.7. The summed E-state index contributed by atoms with van der Waals surface area (Å²) in [6.45, 7) is 0. The van der Waals surface area contributed by atoms with E-state index in [0.717, 1.165) is 34.5 Å². The molecular weight excluding hydrogens is 381 g/mol. The molecule has 0 unspecified atom stereocenters. The molecule has 30 heavy (non-hydrogen) atoms.